The van der Waals surface area contributed by atoms with Crippen LogP contribution in [0, 0.1) is 11.3 Å². The molecule has 0 fully saturated rings. The standard InChI is InChI=1S/C23H17ClN4O2/c1-29-20-9-6-16(10-21(20)30-13-15-4-2-14(12-25)3-5-15)22-18-11-17(24)7-8-19(18)27-23(26)28-22/h2-11H,13H2,1H3,(H2,26,27,28). The lowest BCUT2D eigenvalue weighted by atomic mass is 10.1. The Morgan fingerprint density at radius 2 is 1.80 bits per heavy atom. The van der Waals surface area contributed by atoms with Crippen LogP contribution in [-0.4, -0.2) is 17.1 Å². The smallest absolute Gasteiger partial charge is 0.221 e. The Labute approximate surface area is 178 Å². The Morgan fingerprint density at radius 3 is 2.53 bits per heavy atom. The molecule has 0 atom stereocenters. The van der Waals surface area contributed by atoms with Crippen molar-refractivity contribution in [1.82, 2.24) is 9.97 Å². The summed E-state index contributed by atoms with van der Waals surface area (Å²) in [4.78, 5) is 8.71. The van der Waals surface area contributed by atoms with Crippen molar-refractivity contribution < 1.29 is 9.47 Å². The minimum absolute atomic E-state index is 0.177. The van der Waals surface area contributed by atoms with Crippen LogP contribution < -0.4 is 15.2 Å². The number of hydrogen-bond donors (Lipinski definition) is 1. The van der Waals surface area contributed by atoms with Gasteiger partial charge in [0.1, 0.15) is 6.61 Å². The Balaban J connectivity index is 1.71. The van der Waals surface area contributed by atoms with Gasteiger partial charge in [-0.15, -0.1) is 0 Å². The van der Waals surface area contributed by atoms with E-state index in [1.807, 2.05) is 42.5 Å². The highest BCUT2D eigenvalue weighted by molar-refractivity contribution is 6.31. The van der Waals surface area contributed by atoms with E-state index in [4.69, 9.17) is 32.1 Å². The van der Waals surface area contributed by atoms with Crippen LogP contribution in [0.5, 0.6) is 11.5 Å². The molecule has 4 rings (SSSR count). The largest absolute Gasteiger partial charge is 0.493 e. The first-order chi connectivity index (χ1) is 14.6. The minimum Gasteiger partial charge on any atom is -0.493 e. The average molecular weight is 417 g/mol. The first-order valence-corrected chi connectivity index (χ1v) is 9.48. The number of nitrogens with zero attached hydrogens (tertiary/aromatic N) is 3. The van der Waals surface area contributed by atoms with Crippen molar-refractivity contribution in [3.8, 4) is 28.8 Å². The number of benzene rings is 3. The predicted molar refractivity (Wildman–Crippen MR) is 116 cm³/mol. The van der Waals surface area contributed by atoms with Crippen LogP contribution in [0.15, 0.2) is 60.7 Å². The molecular weight excluding hydrogens is 400 g/mol. The maximum Gasteiger partial charge on any atom is 0.221 e. The van der Waals surface area contributed by atoms with Crippen molar-refractivity contribution in [3.05, 3.63) is 76.8 Å². The number of hydrogen-bond acceptors (Lipinski definition) is 6. The van der Waals surface area contributed by atoms with Gasteiger partial charge in [-0.05, 0) is 54.1 Å². The monoisotopic (exact) mass is 416 g/mol. The number of nitrogens with two attached hydrogens (primary N) is 1. The SMILES string of the molecule is COc1ccc(-c2nc(N)nc3ccc(Cl)cc23)cc1OCc1ccc(C#N)cc1. The predicted octanol–water partition coefficient (Wildman–Crippen LogP) is 4.99. The molecule has 0 spiro atoms. The molecule has 0 saturated carbocycles. The Hall–Kier alpha value is -3.82. The number of halogens is 1. The van der Waals surface area contributed by atoms with E-state index in [0.717, 1.165) is 16.5 Å². The highest BCUT2D eigenvalue weighted by Crippen LogP contribution is 2.35. The van der Waals surface area contributed by atoms with E-state index in [1.165, 1.54) is 0 Å². The van der Waals surface area contributed by atoms with Crippen LogP contribution in [0.2, 0.25) is 5.02 Å². The summed E-state index contributed by atoms with van der Waals surface area (Å²) in [6.45, 7) is 0.323. The van der Waals surface area contributed by atoms with Crippen molar-refractivity contribution in [2.75, 3.05) is 12.8 Å². The Kier molecular flexibility index (Phi) is 5.38. The second-order valence-corrected chi connectivity index (χ2v) is 6.99. The van der Waals surface area contributed by atoms with Gasteiger partial charge in [-0.25, -0.2) is 9.97 Å². The summed E-state index contributed by atoms with van der Waals surface area (Å²) in [5.41, 5.74) is 9.62. The zero-order valence-corrected chi connectivity index (χ0v) is 16.8. The maximum atomic E-state index is 8.93. The molecule has 0 amide bonds. The van der Waals surface area contributed by atoms with E-state index in [0.29, 0.717) is 39.9 Å². The van der Waals surface area contributed by atoms with Crippen LogP contribution >= 0.6 is 11.6 Å². The molecule has 1 aromatic heterocycles. The lowest BCUT2D eigenvalue weighted by Gasteiger charge is -2.13. The fourth-order valence-corrected chi connectivity index (χ4v) is 3.28. The number of methoxy groups -OCH3 is 1. The summed E-state index contributed by atoms with van der Waals surface area (Å²) in [7, 11) is 1.58. The molecule has 2 N–H and O–H groups in total. The van der Waals surface area contributed by atoms with E-state index in [1.54, 1.807) is 25.3 Å². The summed E-state index contributed by atoms with van der Waals surface area (Å²) in [5.74, 6) is 1.33. The number of rotatable bonds is 5. The third-order valence-corrected chi connectivity index (χ3v) is 4.82. The molecule has 0 saturated heterocycles. The Morgan fingerprint density at radius 1 is 1.00 bits per heavy atom. The highest BCUT2D eigenvalue weighted by Gasteiger charge is 2.13. The highest BCUT2D eigenvalue weighted by atomic mass is 35.5. The summed E-state index contributed by atoms with van der Waals surface area (Å²) in [5, 5.41) is 10.3. The summed E-state index contributed by atoms with van der Waals surface area (Å²) in [6.07, 6.45) is 0. The number of nitrogen functional groups attached to an aromatic ring is 1. The van der Waals surface area contributed by atoms with Gasteiger partial charge < -0.3 is 15.2 Å². The molecule has 3 aromatic carbocycles. The van der Waals surface area contributed by atoms with Gasteiger partial charge in [-0.1, -0.05) is 23.7 Å². The summed E-state index contributed by atoms with van der Waals surface area (Å²) >= 11 is 6.18. The van der Waals surface area contributed by atoms with Gasteiger partial charge in [0.2, 0.25) is 5.95 Å². The number of aromatic nitrogens is 2. The van der Waals surface area contributed by atoms with Crippen LogP contribution in [0.25, 0.3) is 22.2 Å². The zero-order chi connectivity index (χ0) is 21.1. The lowest BCUT2D eigenvalue weighted by molar-refractivity contribution is 0.284. The van der Waals surface area contributed by atoms with Crippen molar-refractivity contribution >= 4 is 28.5 Å². The molecule has 30 heavy (non-hydrogen) atoms. The second-order valence-electron chi connectivity index (χ2n) is 6.55. The zero-order valence-electron chi connectivity index (χ0n) is 16.1. The normalized spacial score (nSPS) is 10.6. The van der Waals surface area contributed by atoms with Crippen LogP contribution in [-0.2, 0) is 6.61 Å². The molecule has 0 aliphatic carbocycles. The van der Waals surface area contributed by atoms with E-state index in [9.17, 15) is 0 Å². The molecule has 1 heterocycles. The van der Waals surface area contributed by atoms with E-state index < -0.39 is 0 Å². The van der Waals surface area contributed by atoms with Crippen molar-refractivity contribution in [3.63, 3.8) is 0 Å². The third kappa shape index (κ3) is 3.97. The first-order valence-electron chi connectivity index (χ1n) is 9.10. The van der Waals surface area contributed by atoms with Gasteiger partial charge in [0.15, 0.2) is 11.5 Å². The number of fused-ring (bicyclic) bond motifs is 1. The summed E-state index contributed by atoms with van der Waals surface area (Å²) < 4.78 is 11.5. The van der Waals surface area contributed by atoms with Gasteiger partial charge in [-0.3, -0.25) is 0 Å². The van der Waals surface area contributed by atoms with Crippen molar-refractivity contribution in [1.29, 1.82) is 5.26 Å². The molecule has 0 bridgehead atoms. The van der Waals surface area contributed by atoms with Crippen molar-refractivity contribution in [2.24, 2.45) is 0 Å². The van der Waals surface area contributed by atoms with Gasteiger partial charge in [-0.2, -0.15) is 5.26 Å². The molecule has 0 unspecified atom stereocenters. The van der Waals surface area contributed by atoms with E-state index in [-0.39, 0.29) is 5.95 Å². The number of ether oxygens (including phenoxy) is 2. The Bertz CT molecular complexity index is 1270. The number of nitriles is 1. The molecular formula is C23H17ClN4O2. The van der Waals surface area contributed by atoms with Crippen LogP contribution in [0.4, 0.5) is 5.95 Å². The molecule has 0 aliphatic rings. The molecule has 4 aromatic rings. The molecule has 0 radical (unpaired) electrons. The quantitative estimate of drug-likeness (QED) is 0.492. The molecule has 6 nitrogen and oxygen atoms in total. The van der Waals surface area contributed by atoms with E-state index in [2.05, 4.69) is 16.0 Å². The van der Waals surface area contributed by atoms with E-state index >= 15 is 0 Å². The maximum absolute atomic E-state index is 8.93. The topological polar surface area (TPSA) is 94.1 Å². The minimum atomic E-state index is 0.177. The first kappa shape index (κ1) is 19.5. The van der Waals surface area contributed by atoms with Gasteiger partial charge >= 0.3 is 0 Å². The lowest BCUT2D eigenvalue weighted by Crippen LogP contribution is -2.00. The van der Waals surface area contributed by atoms with Crippen LogP contribution in [0.1, 0.15) is 11.1 Å². The molecule has 0 aliphatic heterocycles. The molecule has 148 valence electrons. The van der Waals surface area contributed by atoms with Gasteiger partial charge in [0.25, 0.3) is 0 Å². The average Bonchev–Trinajstić information content (AvgIpc) is 2.77. The number of anilines is 1. The van der Waals surface area contributed by atoms with Gasteiger partial charge in [0.05, 0.1) is 30.0 Å². The van der Waals surface area contributed by atoms with Crippen molar-refractivity contribution in [2.45, 2.75) is 6.61 Å². The molecule has 7 heteroatoms. The fourth-order valence-electron chi connectivity index (χ4n) is 3.11. The van der Waals surface area contributed by atoms with Gasteiger partial charge in [0, 0.05) is 16.0 Å². The summed E-state index contributed by atoms with van der Waals surface area (Å²) in [6, 6.07) is 20.3. The van der Waals surface area contributed by atoms with Crippen LogP contribution in [0.3, 0.4) is 0 Å². The second kappa shape index (κ2) is 8.27. The fraction of sp³-hybridized carbons (Fsp3) is 0.0870. The third-order valence-electron chi connectivity index (χ3n) is 4.59.